The average molecular weight is 390 g/mol. The first-order valence-electron chi connectivity index (χ1n) is 9.04. The molecule has 0 bridgehead atoms. The molecule has 8 nitrogen and oxygen atoms in total. The van der Waals surface area contributed by atoms with Gasteiger partial charge in [0, 0.05) is 17.7 Å². The molecule has 0 aliphatic heterocycles. The monoisotopic (exact) mass is 390 g/mol. The van der Waals surface area contributed by atoms with Gasteiger partial charge in [0.25, 0.3) is 0 Å². The molecule has 1 aromatic heterocycles. The molecule has 1 aromatic carbocycles. The van der Waals surface area contributed by atoms with Crippen LogP contribution in [-0.2, 0) is 31.0 Å². The van der Waals surface area contributed by atoms with E-state index in [0.717, 1.165) is 0 Å². The summed E-state index contributed by atoms with van der Waals surface area (Å²) in [7, 11) is 0. The second kappa shape index (κ2) is 9.61. The first-order chi connectivity index (χ1) is 13.4. The molecule has 0 amide bonds. The number of hydrogen-bond acceptors (Lipinski definition) is 7. The Morgan fingerprint density at radius 3 is 2.29 bits per heavy atom. The third kappa shape index (κ3) is 4.00. The predicted molar refractivity (Wildman–Crippen MR) is 103 cm³/mol. The number of aliphatic hydroxyl groups excluding tert-OH is 3. The van der Waals surface area contributed by atoms with E-state index in [2.05, 4.69) is 4.98 Å². The maximum atomic E-state index is 12.5. The van der Waals surface area contributed by atoms with Crippen molar-refractivity contribution in [3.63, 3.8) is 0 Å². The van der Waals surface area contributed by atoms with E-state index < -0.39 is 19.2 Å². The van der Waals surface area contributed by atoms with E-state index in [1.807, 2.05) is 0 Å². The molecular weight excluding hydrogens is 364 g/mol. The lowest BCUT2D eigenvalue weighted by Crippen LogP contribution is -2.10. The van der Waals surface area contributed by atoms with Crippen molar-refractivity contribution in [2.75, 3.05) is 13.2 Å². The van der Waals surface area contributed by atoms with Crippen LogP contribution in [0, 0.1) is 0 Å². The van der Waals surface area contributed by atoms with Crippen molar-refractivity contribution in [2.24, 2.45) is 5.73 Å². The number of aromatic amines is 1. The molecule has 0 aliphatic carbocycles. The second-order valence-electron chi connectivity index (χ2n) is 6.25. The van der Waals surface area contributed by atoms with Crippen LogP contribution in [-0.4, -0.2) is 45.2 Å². The van der Waals surface area contributed by atoms with Gasteiger partial charge in [0.05, 0.1) is 32.0 Å². The van der Waals surface area contributed by atoms with Gasteiger partial charge in [-0.05, 0) is 42.6 Å². The molecule has 0 saturated carbocycles. The van der Waals surface area contributed by atoms with E-state index in [1.165, 1.54) is 6.92 Å². The van der Waals surface area contributed by atoms with Gasteiger partial charge in [-0.2, -0.15) is 0 Å². The van der Waals surface area contributed by atoms with Crippen molar-refractivity contribution in [2.45, 2.75) is 40.1 Å². The van der Waals surface area contributed by atoms with Gasteiger partial charge in [0.15, 0.2) is 5.78 Å². The quantitative estimate of drug-likeness (QED) is 0.317. The van der Waals surface area contributed by atoms with Crippen LogP contribution in [0.5, 0.6) is 0 Å². The Labute approximate surface area is 163 Å². The number of carbonyl (C=O) groups excluding carboxylic acids is 2. The Morgan fingerprint density at radius 2 is 1.79 bits per heavy atom. The van der Waals surface area contributed by atoms with Crippen LogP contribution in [0.1, 0.15) is 57.1 Å². The van der Waals surface area contributed by atoms with Crippen LogP contribution in [0.4, 0.5) is 0 Å². The molecule has 0 atom stereocenters. The highest BCUT2D eigenvalue weighted by atomic mass is 16.5. The highest BCUT2D eigenvalue weighted by molar-refractivity contribution is 6.10. The fourth-order valence-corrected chi connectivity index (χ4v) is 3.39. The number of nitrogens with two attached hydrogens (primary N) is 1. The number of aliphatic hydroxyl groups is 3. The molecule has 0 fully saturated rings. The summed E-state index contributed by atoms with van der Waals surface area (Å²) in [5.74, 6) is -1.00. The molecule has 28 heavy (non-hydrogen) atoms. The van der Waals surface area contributed by atoms with Gasteiger partial charge in [-0.1, -0.05) is 12.1 Å². The summed E-state index contributed by atoms with van der Waals surface area (Å²) in [5.41, 5.74) is 8.63. The van der Waals surface area contributed by atoms with Crippen molar-refractivity contribution < 1.29 is 29.6 Å². The van der Waals surface area contributed by atoms with Crippen LogP contribution in [0.3, 0.4) is 0 Å². The summed E-state index contributed by atoms with van der Waals surface area (Å²) in [5, 5.41) is 29.2. The van der Waals surface area contributed by atoms with Crippen LogP contribution in [0.15, 0.2) is 12.1 Å². The first kappa shape index (κ1) is 21.8. The summed E-state index contributed by atoms with van der Waals surface area (Å²) in [6.45, 7) is 2.31. The molecule has 1 heterocycles. The van der Waals surface area contributed by atoms with Crippen molar-refractivity contribution in [3.05, 3.63) is 45.8 Å². The van der Waals surface area contributed by atoms with E-state index in [4.69, 9.17) is 10.5 Å². The largest absolute Gasteiger partial charge is 0.461 e. The van der Waals surface area contributed by atoms with Gasteiger partial charge >= 0.3 is 5.97 Å². The van der Waals surface area contributed by atoms with Gasteiger partial charge in [0.2, 0.25) is 0 Å². The molecule has 8 heteroatoms. The van der Waals surface area contributed by atoms with Crippen LogP contribution in [0.25, 0.3) is 11.1 Å². The highest BCUT2D eigenvalue weighted by Crippen LogP contribution is 2.36. The number of H-pyrrole nitrogens is 1. The summed E-state index contributed by atoms with van der Waals surface area (Å²) < 4.78 is 5.06. The number of rotatable bonds is 9. The lowest BCUT2D eigenvalue weighted by Gasteiger charge is -2.17. The minimum absolute atomic E-state index is 0.0356. The van der Waals surface area contributed by atoms with E-state index in [0.29, 0.717) is 39.9 Å². The normalized spacial score (nSPS) is 10.9. The van der Waals surface area contributed by atoms with Crippen LogP contribution >= 0.6 is 0 Å². The number of Topliss-reactive ketones (excluding diaryl/α,β-unsaturated/α-hetero) is 1. The molecule has 152 valence electrons. The molecule has 0 saturated heterocycles. The van der Waals surface area contributed by atoms with Crippen molar-refractivity contribution in [1.82, 2.24) is 4.98 Å². The summed E-state index contributed by atoms with van der Waals surface area (Å²) in [6.07, 6.45) is 0.357. The number of ether oxygens (including phenoxy) is 1. The zero-order valence-corrected chi connectivity index (χ0v) is 16.0. The second-order valence-corrected chi connectivity index (χ2v) is 6.25. The molecule has 0 spiro atoms. The Kier molecular flexibility index (Phi) is 7.47. The van der Waals surface area contributed by atoms with Gasteiger partial charge in [-0.25, -0.2) is 4.79 Å². The molecule has 0 aliphatic rings. The topological polar surface area (TPSA) is 146 Å². The van der Waals surface area contributed by atoms with Crippen molar-refractivity contribution in [1.29, 1.82) is 0 Å². The SMILES string of the molecule is CCOC(=O)c1[nH]c(CCN)c(-c2ccc(CO)c(CO)c2CO)c1C(C)=O. The smallest absolute Gasteiger partial charge is 0.355 e. The van der Waals surface area contributed by atoms with Gasteiger partial charge < -0.3 is 30.8 Å². The van der Waals surface area contributed by atoms with E-state index in [9.17, 15) is 24.9 Å². The fraction of sp³-hybridized carbons (Fsp3) is 0.400. The highest BCUT2D eigenvalue weighted by Gasteiger charge is 2.28. The Balaban J connectivity index is 2.87. The number of ketones is 1. The average Bonchev–Trinajstić information content (AvgIpc) is 3.06. The summed E-state index contributed by atoms with van der Waals surface area (Å²) in [6, 6.07) is 3.27. The van der Waals surface area contributed by atoms with Crippen molar-refractivity contribution >= 4 is 11.8 Å². The zero-order chi connectivity index (χ0) is 20.8. The summed E-state index contributed by atoms with van der Waals surface area (Å²) in [4.78, 5) is 27.8. The van der Waals surface area contributed by atoms with Crippen molar-refractivity contribution in [3.8, 4) is 11.1 Å². The number of benzene rings is 1. The third-order valence-electron chi connectivity index (χ3n) is 4.59. The Morgan fingerprint density at radius 1 is 1.11 bits per heavy atom. The molecule has 6 N–H and O–H groups in total. The maximum Gasteiger partial charge on any atom is 0.355 e. The summed E-state index contributed by atoms with van der Waals surface area (Å²) >= 11 is 0. The fourth-order valence-electron chi connectivity index (χ4n) is 3.39. The molecule has 0 radical (unpaired) electrons. The van der Waals surface area contributed by atoms with E-state index in [1.54, 1.807) is 19.1 Å². The zero-order valence-electron chi connectivity index (χ0n) is 16.0. The third-order valence-corrected chi connectivity index (χ3v) is 4.59. The lowest BCUT2D eigenvalue weighted by molar-refractivity contribution is 0.0517. The predicted octanol–water partition coefficient (Wildman–Crippen LogP) is 1.04. The Hall–Kier alpha value is -2.52. The number of nitrogens with one attached hydrogen (secondary N) is 1. The number of esters is 1. The maximum absolute atomic E-state index is 12.5. The van der Waals surface area contributed by atoms with E-state index >= 15 is 0 Å². The standard InChI is InChI=1S/C20H26N2O6/c1-3-28-20(27)19-17(11(2)26)18(16(22-19)6-7-21)13-5-4-12(8-23)14(9-24)15(13)10-25/h4-5,22-25H,3,6-10,21H2,1-2H3. The van der Waals surface area contributed by atoms with Gasteiger partial charge in [-0.3, -0.25) is 4.79 Å². The molecule has 2 rings (SSSR count). The van der Waals surface area contributed by atoms with Gasteiger partial charge in [-0.15, -0.1) is 0 Å². The minimum Gasteiger partial charge on any atom is -0.461 e. The Bertz CT molecular complexity index is 872. The van der Waals surface area contributed by atoms with Crippen LogP contribution in [0.2, 0.25) is 0 Å². The number of carbonyl (C=O) groups is 2. The lowest BCUT2D eigenvalue weighted by atomic mass is 9.89. The number of aromatic nitrogens is 1. The van der Waals surface area contributed by atoms with Gasteiger partial charge in [0.1, 0.15) is 5.69 Å². The first-order valence-corrected chi connectivity index (χ1v) is 9.04. The number of hydrogen-bond donors (Lipinski definition) is 5. The molecule has 0 unspecified atom stereocenters. The minimum atomic E-state index is -0.655. The molecule has 2 aromatic rings. The van der Waals surface area contributed by atoms with Crippen LogP contribution < -0.4 is 5.73 Å². The molecular formula is C20H26N2O6. The van der Waals surface area contributed by atoms with E-state index in [-0.39, 0.29) is 36.8 Å².